The van der Waals surface area contributed by atoms with Crippen LogP contribution in [-0.4, -0.2) is 130 Å². The van der Waals surface area contributed by atoms with Gasteiger partial charge in [0.1, 0.15) is 0 Å². The molecule has 9 nitrogen and oxygen atoms in total. The van der Waals surface area contributed by atoms with Gasteiger partial charge in [-0.2, -0.15) is 0 Å². The zero-order valence-corrected chi connectivity index (χ0v) is 21.4. The summed E-state index contributed by atoms with van der Waals surface area (Å²) in [6.45, 7) is 10.0. The molecular weight excluding hydrogens is 519 g/mol. The van der Waals surface area contributed by atoms with Crippen LogP contribution in [0.5, 0.6) is 0 Å². The predicted molar refractivity (Wildman–Crippen MR) is 130 cm³/mol. The minimum atomic E-state index is -2.83. The molecule has 0 radical (unpaired) electrons. The smallest absolute Gasteiger partial charge is 0.239 e. The third-order valence-electron chi connectivity index (χ3n) is 6.30. The molecule has 3 aliphatic rings. The van der Waals surface area contributed by atoms with Crippen LogP contribution in [0.4, 0.5) is 0 Å². The first-order chi connectivity index (χ1) is 13.9. The number of hydrogen-bond donors (Lipinski definition) is 1. The lowest BCUT2D eigenvalue weighted by molar-refractivity contribution is -0.135. The van der Waals surface area contributed by atoms with Crippen LogP contribution in [0, 0.1) is 0 Å². The number of nitrogens with zero attached hydrogens (tertiary/aromatic N) is 5. The number of aliphatic imine (C=N–C) groups is 1. The van der Waals surface area contributed by atoms with Gasteiger partial charge in [-0.25, -0.2) is 8.42 Å². The van der Waals surface area contributed by atoms with Gasteiger partial charge in [0.05, 0.1) is 17.5 Å². The van der Waals surface area contributed by atoms with E-state index in [0.29, 0.717) is 13.1 Å². The quantitative estimate of drug-likeness (QED) is 0.279. The maximum Gasteiger partial charge on any atom is 0.239 e. The summed E-state index contributed by atoms with van der Waals surface area (Å²) in [5.74, 6) is 1.67. The van der Waals surface area contributed by atoms with Crippen molar-refractivity contribution in [2.24, 2.45) is 4.99 Å². The normalized spacial score (nSPS) is 24.4. The number of piperazine rings is 1. The lowest BCUT2D eigenvalue weighted by Crippen LogP contribution is -2.57. The van der Waals surface area contributed by atoms with Crippen LogP contribution in [0.15, 0.2) is 4.99 Å². The maximum atomic E-state index is 12.6. The van der Waals surface area contributed by atoms with Crippen LogP contribution in [-0.2, 0) is 14.6 Å². The highest BCUT2D eigenvalue weighted by atomic mass is 127. The number of halogens is 1. The summed E-state index contributed by atoms with van der Waals surface area (Å²) in [6.07, 6.45) is 2.25. The summed E-state index contributed by atoms with van der Waals surface area (Å²) < 4.78 is 23.1. The third-order valence-corrected chi connectivity index (χ3v) is 7.91. The second-order valence-corrected chi connectivity index (χ2v) is 10.5. The van der Waals surface area contributed by atoms with Gasteiger partial charge in [-0.3, -0.25) is 19.6 Å². The molecular formula is C19H37IN6O3S. The van der Waals surface area contributed by atoms with E-state index in [0.717, 1.165) is 71.2 Å². The van der Waals surface area contributed by atoms with Gasteiger partial charge in [0.25, 0.3) is 0 Å². The number of carbonyl (C=O) groups is 1. The minimum Gasteiger partial charge on any atom is -0.355 e. The first kappa shape index (κ1) is 25.6. The van der Waals surface area contributed by atoms with E-state index >= 15 is 0 Å². The van der Waals surface area contributed by atoms with Crippen LogP contribution in [0.25, 0.3) is 0 Å². The van der Waals surface area contributed by atoms with E-state index in [-0.39, 0.29) is 47.4 Å². The fourth-order valence-corrected chi connectivity index (χ4v) is 5.59. The molecule has 1 unspecified atom stereocenters. The SMILES string of the molecule is CN=C(NCCN1CCS(=O)(=O)CC1)N1CCN(C(C)C(=O)N2CCCC2)CC1.I. The molecule has 3 rings (SSSR count). The van der Waals surface area contributed by atoms with Gasteiger partial charge in [-0.05, 0) is 19.8 Å². The zero-order chi connectivity index (χ0) is 20.9. The molecule has 0 bridgehead atoms. The Morgan fingerprint density at radius 1 is 0.967 bits per heavy atom. The molecule has 0 aromatic heterocycles. The third kappa shape index (κ3) is 6.92. The Morgan fingerprint density at radius 2 is 1.57 bits per heavy atom. The van der Waals surface area contributed by atoms with Crippen molar-refractivity contribution in [1.29, 1.82) is 0 Å². The standard InChI is InChI=1S/C19H36N6O3S.HI/c1-17(18(26)24-6-3-4-7-24)23-9-11-25(12-10-23)19(20-2)21-5-8-22-13-15-29(27,28)16-14-22;/h17H,3-16H2,1-2H3,(H,20,21);1H. The van der Waals surface area contributed by atoms with Crippen molar-refractivity contribution in [3.05, 3.63) is 0 Å². The number of carbonyl (C=O) groups excluding carboxylic acids is 1. The van der Waals surface area contributed by atoms with Crippen molar-refractivity contribution < 1.29 is 13.2 Å². The number of hydrogen-bond acceptors (Lipinski definition) is 6. The second-order valence-electron chi connectivity index (χ2n) is 8.20. The minimum absolute atomic E-state index is 0. The molecule has 3 aliphatic heterocycles. The van der Waals surface area contributed by atoms with Crippen LogP contribution in [0.1, 0.15) is 19.8 Å². The Labute approximate surface area is 198 Å². The lowest BCUT2D eigenvalue weighted by atomic mass is 10.2. The van der Waals surface area contributed by atoms with Crippen molar-refractivity contribution >= 4 is 45.7 Å². The van der Waals surface area contributed by atoms with Gasteiger partial charge in [-0.1, -0.05) is 0 Å². The summed E-state index contributed by atoms with van der Waals surface area (Å²) in [5, 5.41) is 3.41. The average Bonchev–Trinajstić information content (AvgIpc) is 3.26. The zero-order valence-electron chi connectivity index (χ0n) is 18.3. The Bertz CT molecular complexity index is 676. The number of likely N-dealkylation sites (tertiary alicyclic amines) is 1. The molecule has 3 heterocycles. The van der Waals surface area contributed by atoms with Crippen molar-refractivity contribution in [3.8, 4) is 0 Å². The molecule has 3 saturated heterocycles. The van der Waals surface area contributed by atoms with Crippen molar-refractivity contribution in [2.75, 3.05) is 84.0 Å². The molecule has 3 fully saturated rings. The van der Waals surface area contributed by atoms with E-state index in [9.17, 15) is 13.2 Å². The Balaban J connectivity index is 0.00000320. The van der Waals surface area contributed by atoms with Crippen LogP contribution in [0.2, 0.25) is 0 Å². The van der Waals surface area contributed by atoms with Crippen LogP contribution >= 0.6 is 24.0 Å². The van der Waals surface area contributed by atoms with E-state index in [1.54, 1.807) is 7.05 Å². The average molecular weight is 557 g/mol. The highest BCUT2D eigenvalue weighted by Gasteiger charge is 2.30. The molecule has 0 saturated carbocycles. The van der Waals surface area contributed by atoms with Gasteiger partial charge < -0.3 is 15.1 Å². The Hall–Kier alpha value is -0.660. The molecule has 174 valence electrons. The van der Waals surface area contributed by atoms with Gasteiger partial charge in [0.2, 0.25) is 5.91 Å². The van der Waals surface area contributed by atoms with Gasteiger partial charge in [0, 0.05) is 72.5 Å². The first-order valence-corrected chi connectivity index (χ1v) is 12.6. The summed E-state index contributed by atoms with van der Waals surface area (Å²) in [6, 6.07) is -0.0550. The largest absolute Gasteiger partial charge is 0.355 e. The Morgan fingerprint density at radius 3 is 2.13 bits per heavy atom. The van der Waals surface area contributed by atoms with E-state index in [1.165, 1.54) is 0 Å². The summed E-state index contributed by atoms with van der Waals surface area (Å²) in [4.78, 5) is 25.8. The molecule has 0 aromatic carbocycles. The number of amides is 1. The fourth-order valence-electron chi connectivity index (χ4n) is 4.31. The summed E-state index contributed by atoms with van der Waals surface area (Å²) in [7, 11) is -1.04. The van der Waals surface area contributed by atoms with E-state index in [4.69, 9.17) is 0 Å². The molecule has 30 heavy (non-hydrogen) atoms. The fraction of sp³-hybridized carbons (Fsp3) is 0.895. The highest BCUT2D eigenvalue weighted by Crippen LogP contribution is 2.14. The van der Waals surface area contributed by atoms with Crippen LogP contribution in [0.3, 0.4) is 0 Å². The molecule has 1 N–H and O–H groups in total. The van der Waals surface area contributed by atoms with Gasteiger partial charge in [0.15, 0.2) is 15.8 Å². The molecule has 11 heteroatoms. The first-order valence-electron chi connectivity index (χ1n) is 10.8. The summed E-state index contributed by atoms with van der Waals surface area (Å²) in [5.41, 5.74) is 0. The predicted octanol–water partition coefficient (Wildman–Crippen LogP) is -0.461. The summed E-state index contributed by atoms with van der Waals surface area (Å²) >= 11 is 0. The van der Waals surface area contributed by atoms with Crippen molar-refractivity contribution in [3.63, 3.8) is 0 Å². The van der Waals surface area contributed by atoms with Gasteiger partial charge in [-0.15, -0.1) is 24.0 Å². The number of guanidine groups is 1. The van der Waals surface area contributed by atoms with Crippen LogP contribution < -0.4 is 5.32 Å². The molecule has 0 aliphatic carbocycles. The van der Waals surface area contributed by atoms with Crippen molar-refractivity contribution in [2.45, 2.75) is 25.8 Å². The maximum absolute atomic E-state index is 12.6. The van der Waals surface area contributed by atoms with E-state index in [1.807, 2.05) is 11.8 Å². The van der Waals surface area contributed by atoms with E-state index in [2.05, 4.69) is 25.0 Å². The topological polar surface area (TPSA) is 88.6 Å². The second kappa shape index (κ2) is 11.8. The lowest BCUT2D eigenvalue weighted by Gasteiger charge is -2.39. The monoisotopic (exact) mass is 556 g/mol. The molecule has 1 amide bonds. The molecule has 1 atom stereocenters. The van der Waals surface area contributed by atoms with Crippen molar-refractivity contribution in [1.82, 2.24) is 24.9 Å². The van der Waals surface area contributed by atoms with E-state index < -0.39 is 9.84 Å². The molecule has 0 spiro atoms. The molecule has 0 aromatic rings. The highest BCUT2D eigenvalue weighted by molar-refractivity contribution is 14.0. The number of rotatable bonds is 5. The Kier molecular flexibility index (Phi) is 10.1. The van der Waals surface area contributed by atoms with Gasteiger partial charge >= 0.3 is 0 Å². The number of nitrogens with one attached hydrogen (secondary N) is 1. The number of sulfone groups is 1.